The van der Waals surface area contributed by atoms with Crippen LogP contribution in [0, 0.1) is 0 Å². The molecule has 2 heteroatoms. The van der Waals surface area contributed by atoms with E-state index in [-0.39, 0.29) is 5.76 Å². The topological polar surface area (TPSA) is 46.2 Å². The number of aliphatic hydroxyl groups is 1. The minimum Gasteiger partial charge on any atom is -0.508 e. The van der Waals surface area contributed by atoms with Gasteiger partial charge in [0.1, 0.15) is 5.76 Å². The van der Waals surface area contributed by atoms with Crippen molar-refractivity contribution in [3.8, 4) is 0 Å². The zero-order valence-corrected chi connectivity index (χ0v) is 6.01. The van der Waals surface area contributed by atoms with Crippen molar-refractivity contribution in [2.24, 2.45) is 5.73 Å². The van der Waals surface area contributed by atoms with E-state index in [1.807, 2.05) is 0 Å². The molecule has 0 bridgehead atoms. The van der Waals surface area contributed by atoms with Gasteiger partial charge in [-0.3, -0.25) is 0 Å². The molecule has 0 aliphatic rings. The van der Waals surface area contributed by atoms with E-state index in [2.05, 4.69) is 13.2 Å². The molecule has 0 heterocycles. The Labute approximate surface area is 61.4 Å². The summed E-state index contributed by atoms with van der Waals surface area (Å²) < 4.78 is 0. The summed E-state index contributed by atoms with van der Waals surface area (Å²) in [6.07, 6.45) is 3.63. The van der Waals surface area contributed by atoms with Gasteiger partial charge in [0, 0.05) is 0 Å². The molecule has 0 saturated carbocycles. The van der Waals surface area contributed by atoms with Crippen LogP contribution < -0.4 is 5.73 Å². The SMILES string of the molecule is C=C/C=C(/O)C(=C)CCN. The Balaban J connectivity index is 3.93. The first-order valence-electron chi connectivity index (χ1n) is 3.12. The number of hydrogen-bond donors (Lipinski definition) is 2. The summed E-state index contributed by atoms with van der Waals surface area (Å²) in [6.45, 7) is 7.56. The van der Waals surface area contributed by atoms with Crippen LogP contribution in [0.5, 0.6) is 0 Å². The minimum atomic E-state index is 0.167. The van der Waals surface area contributed by atoms with Crippen molar-refractivity contribution >= 4 is 0 Å². The first-order chi connectivity index (χ1) is 4.72. The summed E-state index contributed by atoms with van der Waals surface area (Å²) in [5, 5.41) is 9.08. The molecule has 0 aromatic carbocycles. The Morgan fingerprint density at radius 2 is 2.20 bits per heavy atom. The Morgan fingerprint density at radius 3 is 2.60 bits per heavy atom. The van der Waals surface area contributed by atoms with Crippen LogP contribution >= 0.6 is 0 Å². The molecule has 0 spiro atoms. The van der Waals surface area contributed by atoms with Gasteiger partial charge in [0.05, 0.1) is 0 Å². The fourth-order valence-corrected chi connectivity index (χ4v) is 0.532. The molecule has 0 saturated heterocycles. The van der Waals surface area contributed by atoms with Crippen LogP contribution in [0.3, 0.4) is 0 Å². The van der Waals surface area contributed by atoms with E-state index in [0.717, 1.165) is 0 Å². The molecular weight excluding hydrogens is 126 g/mol. The van der Waals surface area contributed by atoms with Crippen LogP contribution in [0.1, 0.15) is 6.42 Å². The summed E-state index contributed by atoms with van der Waals surface area (Å²) in [4.78, 5) is 0. The summed E-state index contributed by atoms with van der Waals surface area (Å²) in [5.41, 5.74) is 5.89. The molecule has 0 rings (SSSR count). The van der Waals surface area contributed by atoms with Crippen LogP contribution in [-0.2, 0) is 0 Å². The predicted molar refractivity (Wildman–Crippen MR) is 43.7 cm³/mol. The van der Waals surface area contributed by atoms with E-state index in [1.54, 1.807) is 0 Å². The molecule has 0 radical (unpaired) electrons. The molecule has 0 unspecified atom stereocenters. The molecule has 0 fully saturated rings. The lowest BCUT2D eigenvalue weighted by atomic mass is 10.2. The lowest BCUT2D eigenvalue weighted by molar-refractivity contribution is 0.420. The Morgan fingerprint density at radius 1 is 1.60 bits per heavy atom. The van der Waals surface area contributed by atoms with E-state index >= 15 is 0 Å². The van der Waals surface area contributed by atoms with E-state index in [0.29, 0.717) is 18.5 Å². The molecule has 56 valence electrons. The Kier molecular flexibility index (Phi) is 4.33. The third kappa shape index (κ3) is 3.10. The van der Waals surface area contributed by atoms with Gasteiger partial charge in [-0.15, -0.1) is 0 Å². The van der Waals surface area contributed by atoms with Gasteiger partial charge in [-0.05, 0) is 24.6 Å². The molecule has 0 aliphatic carbocycles. The predicted octanol–water partition coefficient (Wildman–Crippen LogP) is 1.52. The lowest BCUT2D eigenvalue weighted by Gasteiger charge is -1.99. The van der Waals surface area contributed by atoms with Crippen molar-refractivity contribution in [1.82, 2.24) is 0 Å². The highest BCUT2D eigenvalue weighted by Gasteiger charge is 1.95. The van der Waals surface area contributed by atoms with Crippen LogP contribution in [0.2, 0.25) is 0 Å². The van der Waals surface area contributed by atoms with Crippen LogP contribution in [0.15, 0.2) is 36.6 Å². The standard InChI is InChI=1S/C8H13NO/c1-3-4-8(10)7(2)5-6-9/h3-4,10H,1-2,5-6,9H2/b8-4+. The highest BCUT2D eigenvalue weighted by molar-refractivity contribution is 5.24. The molecule has 10 heavy (non-hydrogen) atoms. The van der Waals surface area contributed by atoms with E-state index < -0.39 is 0 Å². The Hall–Kier alpha value is -1.02. The first kappa shape index (κ1) is 8.98. The number of hydrogen-bond acceptors (Lipinski definition) is 2. The van der Waals surface area contributed by atoms with Crippen LogP contribution in [0.25, 0.3) is 0 Å². The van der Waals surface area contributed by atoms with Gasteiger partial charge in [0.15, 0.2) is 0 Å². The maximum atomic E-state index is 9.08. The van der Waals surface area contributed by atoms with Crippen molar-refractivity contribution in [1.29, 1.82) is 0 Å². The molecule has 0 aromatic heterocycles. The lowest BCUT2D eigenvalue weighted by Crippen LogP contribution is -2.00. The highest BCUT2D eigenvalue weighted by Crippen LogP contribution is 2.06. The van der Waals surface area contributed by atoms with Crippen molar-refractivity contribution in [2.75, 3.05) is 6.54 Å². The number of rotatable bonds is 4. The molecule has 0 aliphatic heterocycles. The average molecular weight is 139 g/mol. The first-order valence-corrected chi connectivity index (χ1v) is 3.12. The van der Waals surface area contributed by atoms with Crippen molar-refractivity contribution < 1.29 is 5.11 Å². The summed E-state index contributed by atoms with van der Waals surface area (Å²) in [7, 11) is 0. The highest BCUT2D eigenvalue weighted by atomic mass is 16.3. The van der Waals surface area contributed by atoms with Crippen LogP contribution in [0.4, 0.5) is 0 Å². The van der Waals surface area contributed by atoms with E-state index in [1.165, 1.54) is 12.2 Å². The average Bonchev–Trinajstić information content (AvgIpc) is 1.89. The maximum Gasteiger partial charge on any atom is 0.118 e. The molecule has 3 N–H and O–H groups in total. The van der Waals surface area contributed by atoms with Crippen molar-refractivity contribution in [3.05, 3.63) is 36.6 Å². The summed E-state index contributed by atoms with van der Waals surface area (Å²) in [5.74, 6) is 0.167. The second-order valence-corrected chi connectivity index (χ2v) is 1.93. The summed E-state index contributed by atoms with van der Waals surface area (Å²) in [6, 6.07) is 0. The third-order valence-corrected chi connectivity index (χ3v) is 1.08. The van der Waals surface area contributed by atoms with Crippen molar-refractivity contribution in [3.63, 3.8) is 0 Å². The monoisotopic (exact) mass is 139 g/mol. The molecular formula is C8H13NO. The van der Waals surface area contributed by atoms with E-state index in [4.69, 9.17) is 10.8 Å². The Bertz CT molecular complexity index is 159. The fourth-order valence-electron chi connectivity index (χ4n) is 0.532. The molecule has 0 aromatic rings. The van der Waals surface area contributed by atoms with Gasteiger partial charge in [-0.1, -0.05) is 19.2 Å². The largest absolute Gasteiger partial charge is 0.508 e. The smallest absolute Gasteiger partial charge is 0.118 e. The van der Waals surface area contributed by atoms with Gasteiger partial charge < -0.3 is 10.8 Å². The third-order valence-electron chi connectivity index (χ3n) is 1.08. The van der Waals surface area contributed by atoms with Gasteiger partial charge >= 0.3 is 0 Å². The fraction of sp³-hybridized carbons (Fsp3) is 0.250. The maximum absolute atomic E-state index is 9.08. The summed E-state index contributed by atoms with van der Waals surface area (Å²) >= 11 is 0. The quantitative estimate of drug-likeness (QED) is 0.458. The zero-order chi connectivity index (χ0) is 7.98. The number of nitrogens with two attached hydrogens (primary N) is 1. The van der Waals surface area contributed by atoms with Crippen LogP contribution in [-0.4, -0.2) is 11.7 Å². The molecule has 2 nitrogen and oxygen atoms in total. The second-order valence-electron chi connectivity index (χ2n) is 1.93. The molecule has 0 atom stereocenters. The minimum absolute atomic E-state index is 0.167. The van der Waals surface area contributed by atoms with Crippen molar-refractivity contribution in [2.45, 2.75) is 6.42 Å². The zero-order valence-electron chi connectivity index (χ0n) is 6.01. The van der Waals surface area contributed by atoms with Gasteiger partial charge in [0.2, 0.25) is 0 Å². The van der Waals surface area contributed by atoms with Gasteiger partial charge in [-0.25, -0.2) is 0 Å². The van der Waals surface area contributed by atoms with Gasteiger partial charge in [-0.2, -0.15) is 0 Å². The molecule has 0 amide bonds. The van der Waals surface area contributed by atoms with Gasteiger partial charge in [0.25, 0.3) is 0 Å². The number of aliphatic hydroxyl groups excluding tert-OH is 1. The van der Waals surface area contributed by atoms with E-state index in [9.17, 15) is 0 Å². The second kappa shape index (κ2) is 4.82. The number of allylic oxidation sites excluding steroid dienone is 3. The normalized spacial score (nSPS) is 11.1.